The Bertz CT molecular complexity index is 1210. The number of carbonyl (C=O) groups is 1. The van der Waals surface area contributed by atoms with Crippen LogP contribution < -0.4 is 15.4 Å². The molecular weight excluding hydrogens is 484 g/mol. The van der Waals surface area contributed by atoms with Crippen LogP contribution in [0.4, 0.5) is 6.01 Å². The van der Waals surface area contributed by atoms with E-state index in [9.17, 15) is 23.4 Å². The van der Waals surface area contributed by atoms with Gasteiger partial charge in [0.1, 0.15) is 12.0 Å². The quantitative estimate of drug-likeness (QED) is 0.232. The molecule has 0 bridgehead atoms. The molecule has 1 unspecified atom stereocenters. The molecule has 5 N–H and O–H groups in total. The van der Waals surface area contributed by atoms with Gasteiger partial charge in [0, 0.05) is 12.6 Å². The SMILES string of the molecule is CCC(NC[C@@H](O)[C@H](Cc1ccc(O)cc1)NC(=O)Cc1coc(NS(C)(=O)=O)n1)c1ccccc1. The zero-order chi connectivity index (χ0) is 26.1. The fraction of sp³-hybridized carbons (Fsp3) is 0.360. The fourth-order valence-corrected chi connectivity index (χ4v) is 4.18. The minimum atomic E-state index is -3.56. The number of hydrogen-bond acceptors (Lipinski definition) is 8. The summed E-state index contributed by atoms with van der Waals surface area (Å²) in [5, 5.41) is 26.8. The predicted octanol–water partition coefficient (Wildman–Crippen LogP) is 2.12. The lowest BCUT2D eigenvalue weighted by Gasteiger charge is -2.27. The van der Waals surface area contributed by atoms with Crippen LogP contribution in [0.2, 0.25) is 0 Å². The molecule has 194 valence electrons. The maximum Gasteiger partial charge on any atom is 0.308 e. The van der Waals surface area contributed by atoms with Gasteiger partial charge in [0.25, 0.3) is 0 Å². The number of oxazole rings is 1. The molecule has 1 aromatic heterocycles. The number of anilines is 1. The van der Waals surface area contributed by atoms with Crippen LogP contribution in [0.1, 0.15) is 36.2 Å². The van der Waals surface area contributed by atoms with Crippen LogP contribution >= 0.6 is 0 Å². The lowest BCUT2D eigenvalue weighted by Crippen LogP contribution is -2.49. The van der Waals surface area contributed by atoms with Gasteiger partial charge < -0.3 is 25.3 Å². The van der Waals surface area contributed by atoms with Crippen LogP contribution in [0.15, 0.2) is 65.3 Å². The van der Waals surface area contributed by atoms with Gasteiger partial charge in [0.15, 0.2) is 0 Å². The number of rotatable bonds is 13. The van der Waals surface area contributed by atoms with Crippen molar-refractivity contribution in [1.29, 1.82) is 0 Å². The zero-order valence-electron chi connectivity index (χ0n) is 20.2. The van der Waals surface area contributed by atoms with Crippen molar-refractivity contribution in [3.05, 3.63) is 77.7 Å². The van der Waals surface area contributed by atoms with Gasteiger partial charge in [-0.15, -0.1) is 0 Å². The van der Waals surface area contributed by atoms with E-state index >= 15 is 0 Å². The van der Waals surface area contributed by atoms with Crippen LogP contribution in [0.5, 0.6) is 5.75 Å². The Morgan fingerprint density at radius 1 is 1.11 bits per heavy atom. The first-order valence-electron chi connectivity index (χ1n) is 11.6. The van der Waals surface area contributed by atoms with E-state index in [1.165, 1.54) is 6.26 Å². The van der Waals surface area contributed by atoms with Crippen LogP contribution in [0, 0.1) is 0 Å². The Hall–Kier alpha value is -3.41. The third-order valence-electron chi connectivity index (χ3n) is 5.55. The minimum Gasteiger partial charge on any atom is -0.508 e. The number of phenolic OH excluding ortho intramolecular Hbond substituents is 1. The third-order valence-corrected chi connectivity index (χ3v) is 6.10. The second-order valence-electron chi connectivity index (χ2n) is 8.59. The number of nitrogens with zero attached hydrogens (tertiary/aromatic N) is 1. The van der Waals surface area contributed by atoms with E-state index in [0.717, 1.165) is 23.8 Å². The van der Waals surface area contributed by atoms with Gasteiger partial charge in [-0.1, -0.05) is 49.4 Å². The molecule has 36 heavy (non-hydrogen) atoms. The van der Waals surface area contributed by atoms with Gasteiger partial charge >= 0.3 is 6.01 Å². The molecule has 10 nitrogen and oxygen atoms in total. The highest BCUT2D eigenvalue weighted by Gasteiger charge is 2.24. The molecular formula is C25H32N4O6S. The lowest BCUT2D eigenvalue weighted by atomic mass is 9.99. The summed E-state index contributed by atoms with van der Waals surface area (Å²) in [5.74, 6) is -0.285. The highest BCUT2D eigenvalue weighted by atomic mass is 32.2. The second kappa shape index (κ2) is 12.5. The Balaban J connectivity index is 1.67. The average molecular weight is 517 g/mol. The monoisotopic (exact) mass is 516 g/mol. The first-order chi connectivity index (χ1) is 17.1. The largest absolute Gasteiger partial charge is 0.508 e. The number of amides is 1. The van der Waals surface area contributed by atoms with Crippen molar-refractivity contribution in [1.82, 2.24) is 15.6 Å². The molecule has 0 aliphatic rings. The number of aromatic hydroxyl groups is 1. The first kappa shape index (κ1) is 27.2. The van der Waals surface area contributed by atoms with Gasteiger partial charge in [0.05, 0.1) is 30.5 Å². The smallest absolute Gasteiger partial charge is 0.308 e. The number of carbonyl (C=O) groups excluding carboxylic acids is 1. The maximum absolute atomic E-state index is 12.8. The Morgan fingerprint density at radius 3 is 2.44 bits per heavy atom. The number of hydrogen-bond donors (Lipinski definition) is 5. The molecule has 3 atom stereocenters. The molecule has 2 aromatic carbocycles. The van der Waals surface area contributed by atoms with Crippen molar-refractivity contribution in [2.75, 3.05) is 17.5 Å². The van der Waals surface area contributed by atoms with Crippen LogP contribution in [-0.2, 0) is 27.7 Å². The topological polar surface area (TPSA) is 154 Å². The van der Waals surface area contributed by atoms with Crippen molar-refractivity contribution in [2.24, 2.45) is 0 Å². The Morgan fingerprint density at radius 2 is 1.81 bits per heavy atom. The predicted molar refractivity (Wildman–Crippen MR) is 136 cm³/mol. The van der Waals surface area contributed by atoms with Crippen molar-refractivity contribution < 1.29 is 27.8 Å². The van der Waals surface area contributed by atoms with E-state index in [2.05, 4.69) is 27.3 Å². The summed E-state index contributed by atoms with van der Waals surface area (Å²) in [6, 6.07) is 15.7. The summed E-state index contributed by atoms with van der Waals surface area (Å²) in [6.07, 6.45) is 2.24. The summed E-state index contributed by atoms with van der Waals surface area (Å²) in [6.45, 7) is 2.29. The van der Waals surface area contributed by atoms with E-state index in [0.29, 0.717) is 6.42 Å². The average Bonchev–Trinajstić information content (AvgIpc) is 3.25. The standard InChI is InChI=1S/C25H32N4O6S/c1-3-21(18-7-5-4-6-8-18)26-15-23(31)22(13-17-9-11-20(30)12-10-17)28-24(32)14-19-16-35-25(27-19)29-36(2,33)34/h4-12,16,21-23,26,30-31H,3,13-15H2,1-2H3,(H,27,29)(H,28,32)/t21?,22-,23+/m0/s1. The molecule has 0 aliphatic carbocycles. The molecule has 3 aromatic rings. The molecule has 0 fully saturated rings. The molecule has 3 rings (SSSR count). The van der Waals surface area contributed by atoms with Crippen LogP contribution in [0.25, 0.3) is 0 Å². The lowest BCUT2D eigenvalue weighted by molar-refractivity contribution is -0.122. The summed E-state index contributed by atoms with van der Waals surface area (Å²) in [7, 11) is -3.56. The van der Waals surface area contributed by atoms with Crippen molar-refractivity contribution in [2.45, 2.75) is 44.4 Å². The molecule has 11 heteroatoms. The fourth-order valence-electron chi connectivity index (χ4n) is 3.77. The van der Waals surface area contributed by atoms with E-state index in [1.807, 2.05) is 30.3 Å². The second-order valence-corrected chi connectivity index (χ2v) is 10.3. The van der Waals surface area contributed by atoms with E-state index in [1.54, 1.807) is 24.3 Å². The highest BCUT2D eigenvalue weighted by Crippen LogP contribution is 2.17. The number of phenols is 1. The molecule has 0 saturated heterocycles. The summed E-state index contributed by atoms with van der Waals surface area (Å²) < 4.78 is 29.8. The number of aliphatic hydroxyl groups excluding tert-OH is 1. The van der Waals surface area contributed by atoms with E-state index in [4.69, 9.17) is 4.42 Å². The van der Waals surface area contributed by atoms with E-state index < -0.39 is 28.1 Å². The molecule has 1 heterocycles. The summed E-state index contributed by atoms with van der Waals surface area (Å²) in [4.78, 5) is 16.7. The zero-order valence-corrected chi connectivity index (χ0v) is 21.0. The number of nitrogens with one attached hydrogen (secondary N) is 3. The number of sulfonamides is 1. The highest BCUT2D eigenvalue weighted by molar-refractivity contribution is 7.91. The molecule has 0 aliphatic heterocycles. The molecule has 1 amide bonds. The van der Waals surface area contributed by atoms with Crippen molar-refractivity contribution in [3.8, 4) is 5.75 Å². The summed E-state index contributed by atoms with van der Waals surface area (Å²) in [5.41, 5.74) is 2.17. The van der Waals surface area contributed by atoms with Crippen molar-refractivity contribution in [3.63, 3.8) is 0 Å². The Labute approximate surface area is 210 Å². The number of benzene rings is 2. The van der Waals surface area contributed by atoms with Gasteiger partial charge in [0.2, 0.25) is 15.9 Å². The van der Waals surface area contributed by atoms with Crippen LogP contribution in [0.3, 0.4) is 0 Å². The van der Waals surface area contributed by atoms with Crippen LogP contribution in [-0.4, -0.2) is 54.5 Å². The van der Waals surface area contributed by atoms with Gasteiger partial charge in [-0.25, -0.2) is 13.1 Å². The molecule has 0 radical (unpaired) electrons. The normalized spacial score (nSPS) is 14.1. The van der Waals surface area contributed by atoms with E-state index in [-0.39, 0.29) is 36.5 Å². The van der Waals surface area contributed by atoms with Gasteiger partial charge in [-0.2, -0.15) is 4.98 Å². The minimum absolute atomic E-state index is 0.0433. The first-order valence-corrected chi connectivity index (χ1v) is 13.5. The third kappa shape index (κ3) is 8.67. The summed E-state index contributed by atoms with van der Waals surface area (Å²) >= 11 is 0. The molecule has 0 spiro atoms. The van der Waals surface area contributed by atoms with Crippen molar-refractivity contribution >= 4 is 21.9 Å². The maximum atomic E-state index is 12.8. The van der Waals surface area contributed by atoms with Gasteiger partial charge in [-0.3, -0.25) is 4.79 Å². The number of aromatic nitrogens is 1. The Kier molecular flexibility index (Phi) is 9.45. The van der Waals surface area contributed by atoms with Gasteiger partial charge in [-0.05, 0) is 36.1 Å². The number of aliphatic hydroxyl groups is 1. The molecule has 0 saturated carbocycles.